The molecule has 0 heterocycles. The fourth-order valence-corrected chi connectivity index (χ4v) is 2.75. The predicted molar refractivity (Wildman–Crippen MR) is 75.9 cm³/mol. The Morgan fingerprint density at radius 2 is 2.11 bits per heavy atom. The maximum absolute atomic E-state index is 6.18. The molecule has 1 aromatic rings. The van der Waals surface area contributed by atoms with Crippen LogP contribution in [0.25, 0.3) is 0 Å². The quantitative estimate of drug-likeness (QED) is 0.752. The molecule has 2 nitrogen and oxygen atoms in total. The first-order valence-electron chi connectivity index (χ1n) is 7.23. The number of hydrogen-bond acceptors (Lipinski definition) is 2. The van der Waals surface area contributed by atoms with E-state index in [0.717, 1.165) is 32.5 Å². The Morgan fingerprint density at radius 1 is 1.28 bits per heavy atom. The third kappa shape index (κ3) is 3.82. The number of benzene rings is 1. The number of aryl methyl sites for hydroxylation is 2. The van der Waals surface area contributed by atoms with Gasteiger partial charge in [-0.25, -0.2) is 0 Å². The molecule has 2 rings (SSSR count). The molecule has 0 fully saturated rings. The second-order valence-corrected chi connectivity index (χ2v) is 5.26. The molecule has 1 aliphatic carbocycles. The normalized spacial score (nSPS) is 15.7. The van der Waals surface area contributed by atoms with E-state index < -0.39 is 0 Å². The van der Waals surface area contributed by atoms with Crippen LogP contribution in [0.4, 0.5) is 0 Å². The lowest BCUT2D eigenvalue weighted by Gasteiger charge is -2.12. The molecule has 0 bridgehead atoms. The molecule has 0 saturated heterocycles. The van der Waals surface area contributed by atoms with Crippen LogP contribution < -0.4 is 5.73 Å². The number of ether oxygens (including phenoxy) is 1. The summed E-state index contributed by atoms with van der Waals surface area (Å²) in [6.07, 6.45) is 6.95. The minimum Gasteiger partial charge on any atom is -0.382 e. The largest absolute Gasteiger partial charge is 0.382 e. The molecular weight excluding hydrogens is 222 g/mol. The first-order chi connectivity index (χ1) is 8.79. The summed E-state index contributed by atoms with van der Waals surface area (Å²) in [5.41, 5.74) is 10.7. The van der Waals surface area contributed by atoms with Gasteiger partial charge in [-0.05, 0) is 62.1 Å². The van der Waals surface area contributed by atoms with Crippen molar-refractivity contribution in [3.05, 3.63) is 34.9 Å². The van der Waals surface area contributed by atoms with E-state index in [1.165, 1.54) is 24.8 Å². The summed E-state index contributed by atoms with van der Waals surface area (Å²) in [6, 6.07) is 7.19. The van der Waals surface area contributed by atoms with Crippen LogP contribution in [-0.2, 0) is 24.0 Å². The molecule has 18 heavy (non-hydrogen) atoms. The van der Waals surface area contributed by atoms with Crippen LogP contribution in [0, 0.1) is 0 Å². The number of rotatable bonds is 7. The van der Waals surface area contributed by atoms with E-state index in [9.17, 15) is 0 Å². The molecule has 1 aromatic carbocycles. The molecule has 0 aliphatic heterocycles. The standard InChI is InChI=1S/C16H25NO/c1-2-18-10-4-7-16(17)12-13-8-9-14-5-3-6-15(14)11-13/h8-9,11,16H,2-7,10,12,17H2,1H3. The van der Waals surface area contributed by atoms with Gasteiger partial charge in [-0.3, -0.25) is 0 Å². The van der Waals surface area contributed by atoms with Crippen LogP contribution in [-0.4, -0.2) is 19.3 Å². The minimum atomic E-state index is 0.268. The minimum absolute atomic E-state index is 0.268. The highest BCUT2D eigenvalue weighted by atomic mass is 16.5. The van der Waals surface area contributed by atoms with Crippen molar-refractivity contribution in [2.75, 3.05) is 13.2 Å². The van der Waals surface area contributed by atoms with Crippen molar-refractivity contribution in [1.82, 2.24) is 0 Å². The zero-order valence-electron chi connectivity index (χ0n) is 11.5. The number of hydrogen-bond donors (Lipinski definition) is 1. The molecule has 2 heteroatoms. The average Bonchev–Trinajstić information content (AvgIpc) is 2.82. The van der Waals surface area contributed by atoms with E-state index in [1.807, 2.05) is 6.92 Å². The highest BCUT2D eigenvalue weighted by Crippen LogP contribution is 2.23. The predicted octanol–water partition coefficient (Wildman–Crippen LogP) is 2.86. The highest BCUT2D eigenvalue weighted by Gasteiger charge is 2.12. The number of nitrogens with two attached hydrogens (primary N) is 1. The van der Waals surface area contributed by atoms with E-state index in [4.69, 9.17) is 10.5 Å². The Morgan fingerprint density at radius 3 is 2.94 bits per heavy atom. The second kappa shape index (κ2) is 6.91. The average molecular weight is 247 g/mol. The third-order valence-electron chi connectivity index (χ3n) is 3.73. The molecule has 0 amide bonds. The fourth-order valence-electron chi connectivity index (χ4n) is 2.75. The summed E-state index contributed by atoms with van der Waals surface area (Å²) >= 11 is 0. The van der Waals surface area contributed by atoms with Gasteiger partial charge in [0.2, 0.25) is 0 Å². The summed E-state index contributed by atoms with van der Waals surface area (Å²) < 4.78 is 5.34. The molecular formula is C16H25NO. The Balaban J connectivity index is 1.78. The molecule has 1 aliphatic rings. The Labute approximate surface area is 111 Å². The Kier molecular flexibility index (Phi) is 5.21. The van der Waals surface area contributed by atoms with Gasteiger partial charge < -0.3 is 10.5 Å². The van der Waals surface area contributed by atoms with Crippen molar-refractivity contribution in [3.63, 3.8) is 0 Å². The van der Waals surface area contributed by atoms with E-state index in [1.54, 1.807) is 11.1 Å². The van der Waals surface area contributed by atoms with Crippen molar-refractivity contribution in [2.45, 2.75) is 51.5 Å². The van der Waals surface area contributed by atoms with Crippen LogP contribution >= 0.6 is 0 Å². The van der Waals surface area contributed by atoms with Crippen LogP contribution in [0.3, 0.4) is 0 Å². The fraction of sp³-hybridized carbons (Fsp3) is 0.625. The molecule has 0 radical (unpaired) electrons. The summed E-state index contributed by atoms with van der Waals surface area (Å²) in [7, 11) is 0. The summed E-state index contributed by atoms with van der Waals surface area (Å²) in [4.78, 5) is 0. The zero-order chi connectivity index (χ0) is 12.8. The van der Waals surface area contributed by atoms with Crippen LogP contribution in [0.15, 0.2) is 18.2 Å². The molecule has 0 spiro atoms. The summed E-state index contributed by atoms with van der Waals surface area (Å²) in [6.45, 7) is 3.68. The van der Waals surface area contributed by atoms with Crippen LogP contribution in [0.2, 0.25) is 0 Å². The highest BCUT2D eigenvalue weighted by molar-refractivity contribution is 5.35. The van der Waals surface area contributed by atoms with E-state index >= 15 is 0 Å². The third-order valence-corrected chi connectivity index (χ3v) is 3.73. The number of fused-ring (bicyclic) bond motifs is 1. The lowest BCUT2D eigenvalue weighted by molar-refractivity contribution is 0.142. The van der Waals surface area contributed by atoms with Crippen molar-refractivity contribution < 1.29 is 4.74 Å². The molecule has 2 N–H and O–H groups in total. The summed E-state index contributed by atoms with van der Waals surface area (Å²) in [5.74, 6) is 0. The second-order valence-electron chi connectivity index (χ2n) is 5.26. The smallest absolute Gasteiger partial charge is 0.0466 e. The Bertz CT molecular complexity index is 375. The van der Waals surface area contributed by atoms with Gasteiger partial charge in [0.15, 0.2) is 0 Å². The van der Waals surface area contributed by atoms with Crippen molar-refractivity contribution in [3.8, 4) is 0 Å². The molecule has 100 valence electrons. The lowest BCUT2D eigenvalue weighted by Crippen LogP contribution is -2.23. The molecule has 1 atom stereocenters. The van der Waals surface area contributed by atoms with Crippen molar-refractivity contribution >= 4 is 0 Å². The topological polar surface area (TPSA) is 35.2 Å². The van der Waals surface area contributed by atoms with Gasteiger partial charge in [0.05, 0.1) is 0 Å². The summed E-state index contributed by atoms with van der Waals surface area (Å²) in [5, 5.41) is 0. The monoisotopic (exact) mass is 247 g/mol. The molecule has 0 saturated carbocycles. The molecule has 1 unspecified atom stereocenters. The van der Waals surface area contributed by atoms with Gasteiger partial charge in [-0.1, -0.05) is 18.2 Å². The van der Waals surface area contributed by atoms with Gasteiger partial charge in [0.1, 0.15) is 0 Å². The van der Waals surface area contributed by atoms with Gasteiger partial charge in [0, 0.05) is 19.3 Å². The first kappa shape index (κ1) is 13.6. The lowest BCUT2D eigenvalue weighted by atomic mass is 9.99. The SMILES string of the molecule is CCOCCCC(N)Cc1ccc2c(c1)CCC2. The van der Waals surface area contributed by atoms with Gasteiger partial charge >= 0.3 is 0 Å². The van der Waals surface area contributed by atoms with Crippen LogP contribution in [0.5, 0.6) is 0 Å². The van der Waals surface area contributed by atoms with Gasteiger partial charge in [-0.2, -0.15) is 0 Å². The van der Waals surface area contributed by atoms with Crippen molar-refractivity contribution in [2.24, 2.45) is 5.73 Å². The Hall–Kier alpha value is -0.860. The first-order valence-corrected chi connectivity index (χ1v) is 7.23. The van der Waals surface area contributed by atoms with E-state index in [0.29, 0.717) is 0 Å². The van der Waals surface area contributed by atoms with E-state index in [2.05, 4.69) is 18.2 Å². The van der Waals surface area contributed by atoms with Gasteiger partial charge in [-0.15, -0.1) is 0 Å². The van der Waals surface area contributed by atoms with E-state index in [-0.39, 0.29) is 6.04 Å². The van der Waals surface area contributed by atoms with Crippen molar-refractivity contribution in [1.29, 1.82) is 0 Å². The zero-order valence-corrected chi connectivity index (χ0v) is 11.5. The molecule has 0 aromatic heterocycles. The maximum Gasteiger partial charge on any atom is 0.0466 e. The maximum atomic E-state index is 6.18. The van der Waals surface area contributed by atoms with Gasteiger partial charge in [0.25, 0.3) is 0 Å². The van der Waals surface area contributed by atoms with Crippen LogP contribution in [0.1, 0.15) is 42.9 Å².